The molecule has 2 aromatic heterocycles. The lowest BCUT2D eigenvalue weighted by Gasteiger charge is -2.35. The fraction of sp³-hybridized carbons (Fsp3) is 0.381. The molecule has 140 valence electrons. The van der Waals surface area contributed by atoms with E-state index in [1.165, 1.54) is 18.4 Å². The summed E-state index contributed by atoms with van der Waals surface area (Å²) in [5, 5.41) is 4.70. The molecule has 0 spiro atoms. The second-order valence-electron chi connectivity index (χ2n) is 6.91. The number of hydrogen-bond acceptors (Lipinski definition) is 5. The maximum absolute atomic E-state index is 5.27. The summed E-state index contributed by atoms with van der Waals surface area (Å²) in [6.07, 6.45) is 7.11. The number of benzene rings is 1. The van der Waals surface area contributed by atoms with E-state index in [4.69, 9.17) is 14.8 Å². The molecule has 1 aromatic carbocycles. The largest absolute Gasteiger partial charge is 0.377 e. The average molecular weight is 363 g/mol. The summed E-state index contributed by atoms with van der Waals surface area (Å²) in [5.41, 5.74) is 2.27. The van der Waals surface area contributed by atoms with Gasteiger partial charge < -0.3 is 4.74 Å². The van der Waals surface area contributed by atoms with Crippen LogP contribution in [-0.4, -0.2) is 38.3 Å². The summed E-state index contributed by atoms with van der Waals surface area (Å²) in [5.74, 6) is 1.69. The minimum absolute atomic E-state index is 0.234. The van der Waals surface area contributed by atoms with Gasteiger partial charge in [-0.1, -0.05) is 36.8 Å². The first kappa shape index (κ1) is 17.8. The Kier molecular flexibility index (Phi) is 5.55. The van der Waals surface area contributed by atoms with Crippen LogP contribution in [0.4, 0.5) is 0 Å². The molecule has 1 fully saturated rings. The van der Waals surface area contributed by atoms with Crippen LogP contribution in [0.1, 0.15) is 42.5 Å². The highest BCUT2D eigenvalue weighted by Gasteiger charge is 2.29. The van der Waals surface area contributed by atoms with Crippen molar-refractivity contribution in [2.75, 3.05) is 13.7 Å². The molecule has 1 aliphatic rings. The highest BCUT2D eigenvalue weighted by Crippen LogP contribution is 2.32. The standard InChI is InChI=1S/C21H25N5O/c1-27-16-20-23-21(26(24-20)18-10-7-12-22-14-18)19-11-5-6-13-25(19)15-17-8-3-2-4-9-17/h2-4,7-10,12,14,19H,5-6,11,13,15-16H2,1H3/t19-/m0/s1. The Morgan fingerprint density at radius 1 is 1.11 bits per heavy atom. The van der Waals surface area contributed by atoms with E-state index in [1.54, 1.807) is 13.3 Å². The summed E-state index contributed by atoms with van der Waals surface area (Å²) in [7, 11) is 1.67. The highest BCUT2D eigenvalue weighted by atomic mass is 16.5. The minimum Gasteiger partial charge on any atom is -0.377 e. The molecule has 0 bridgehead atoms. The van der Waals surface area contributed by atoms with E-state index < -0.39 is 0 Å². The van der Waals surface area contributed by atoms with E-state index in [-0.39, 0.29) is 6.04 Å². The van der Waals surface area contributed by atoms with Crippen molar-refractivity contribution in [2.24, 2.45) is 0 Å². The number of rotatable bonds is 6. The molecule has 27 heavy (non-hydrogen) atoms. The van der Waals surface area contributed by atoms with Crippen molar-refractivity contribution < 1.29 is 4.74 Å². The first-order chi connectivity index (χ1) is 13.3. The second-order valence-corrected chi connectivity index (χ2v) is 6.91. The van der Waals surface area contributed by atoms with Crippen molar-refractivity contribution in [1.29, 1.82) is 0 Å². The minimum atomic E-state index is 0.234. The monoisotopic (exact) mass is 363 g/mol. The van der Waals surface area contributed by atoms with Crippen LogP contribution in [0.3, 0.4) is 0 Å². The fourth-order valence-corrected chi connectivity index (χ4v) is 3.73. The Balaban J connectivity index is 1.69. The van der Waals surface area contributed by atoms with Gasteiger partial charge in [-0.25, -0.2) is 9.67 Å². The maximum Gasteiger partial charge on any atom is 0.177 e. The molecular weight excluding hydrogens is 338 g/mol. The van der Waals surface area contributed by atoms with Gasteiger partial charge >= 0.3 is 0 Å². The SMILES string of the molecule is COCc1nc([C@@H]2CCCCN2Cc2ccccc2)n(-c2cccnc2)n1. The Hall–Kier alpha value is -2.57. The zero-order valence-corrected chi connectivity index (χ0v) is 15.7. The third-order valence-electron chi connectivity index (χ3n) is 4.98. The molecule has 1 saturated heterocycles. The molecule has 0 saturated carbocycles. The van der Waals surface area contributed by atoms with Crippen molar-refractivity contribution in [3.05, 3.63) is 72.1 Å². The predicted octanol–water partition coefficient (Wildman–Crippen LogP) is 3.54. The zero-order chi connectivity index (χ0) is 18.5. The van der Waals surface area contributed by atoms with Crippen LogP contribution < -0.4 is 0 Å². The van der Waals surface area contributed by atoms with Crippen molar-refractivity contribution in [3.63, 3.8) is 0 Å². The third-order valence-corrected chi connectivity index (χ3v) is 4.98. The van der Waals surface area contributed by atoms with Crippen molar-refractivity contribution >= 4 is 0 Å². The van der Waals surface area contributed by atoms with Gasteiger partial charge in [0, 0.05) is 19.9 Å². The predicted molar refractivity (Wildman–Crippen MR) is 103 cm³/mol. The molecule has 0 radical (unpaired) electrons. The van der Waals surface area contributed by atoms with Gasteiger partial charge in [0.2, 0.25) is 0 Å². The lowest BCUT2D eigenvalue weighted by atomic mass is 10.00. The van der Waals surface area contributed by atoms with Crippen molar-refractivity contribution in [3.8, 4) is 5.69 Å². The quantitative estimate of drug-likeness (QED) is 0.670. The highest BCUT2D eigenvalue weighted by molar-refractivity contribution is 5.29. The third kappa shape index (κ3) is 4.07. The van der Waals surface area contributed by atoms with Gasteiger partial charge in [-0.15, -0.1) is 5.10 Å². The van der Waals surface area contributed by atoms with Gasteiger partial charge in [0.25, 0.3) is 0 Å². The number of likely N-dealkylation sites (tertiary alicyclic amines) is 1. The zero-order valence-electron chi connectivity index (χ0n) is 15.7. The lowest BCUT2D eigenvalue weighted by molar-refractivity contribution is 0.131. The Morgan fingerprint density at radius 2 is 2.00 bits per heavy atom. The Morgan fingerprint density at radius 3 is 2.78 bits per heavy atom. The number of ether oxygens (including phenoxy) is 1. The van der Waals surface area contributed by atoms with Crippen molar-refractivity contribution in [2.45, 2.75) is 38.5 Å². The molecule has 1 aliphatic heterocycles. The summed E-state index contributed by atoms with van der Waals surface area (Å²) in [4.78, 5) is 11.6. The van der Waals surface area contributed by atoms with Crippen LogP contribution >= 0.6 is 0 Å². The first-order valence-corrected chi connectivity index (χ1v) is 9.48. The normalized spacial score (nSPS) is 17.9. The number of nitrogens with zero attached hydrogens (tertiary/aromatic N) is 5. The van der Waals surface area contributed by atoms with E-state index in [9.17, 15) is 0 Å². The molecule has 0 amide bonds. The van der Waals surface area contributed by atoms with Gasteiger partial charge in [0.1, 0.15) is 12.4 Å². The molecule has 0 unspecified atom stereocenters. The molecule has 6 heteroatoms. The number of piperidine rings is 1. The van der Waals surface area contributed by atoms with E-state index >= 15 is 0 Å². The number of pyridine rings is 1. The Bertz CT molecular complexity index is 850. The van der Waals surface area contributed by atoms with Gasteiger partial charge in [-0.05, 0) is 37.1 Å². The molecule has 6 nitrogen and oxygen atoms in total. The van der Waals surface area contributed by atoms with E-state index in [1.807, 2.05) is 23.0 Å². The van der Waals surface area contributed by atoms with E-state index in [0.717, 1.165) is 31.0 Å². The second kappa shape index (κ2) is 8.41. The van der Waals surface area contributed by atoms with Crippen LogP contribution in [0, 0.1) is 0 Å². The molecule has 1 atom stereocenters. The topological polar surface area (TPSA) is 56.1 Å². The molecule has 4 rings (SSSR count). The molecular formula is C21H25N5O. The van der Waals surface area contributed by atoms with Gasteiger partial charge in [-0.2, -0.15) is 0 Å². The molecule has 0 N–H and O–H groups in total. The van der Waals surface area contributed by atoms with E-state index in [2.05, 4.69) is 40.2 Å². The summed E-state index contributed by atoms with van der Waals surface area (Å²) in [6, 6.07) is 14.8. The van der Waals surface area contributed by atoms with Crippen LogP contribution in [0.5, 0.6) is 0 Å². The first-order valence-electron chi connectivity index (χ1n) is 9.48. The Labute approximate surface area is 159 Å². The van der Waals surface area contributed by atoms with Crippen molar-refractivity contribution in [1.82, 2.24) is 24.6 Å². The fourth-order valence-electron chi connectivity index (χ4n) is 3.73. The van der Waals surface area contributed by atoms with E-state index in [0.29, 0.717) is 12.4 Å². The number of aromatic nitrogens is 4. The van der Waals surface area contributed by atoms with Crippen LogP contribution in [0.15, 0.2) is 54.9 Å². The van der Waals surface area contributed by atoms with Crippen LogP contribution in [-0.2, 0) is 17.9 Å². The number of methoxy groups -OCH3 is 1. The summed E-state index contributed by atoms with van der Waals surface area (Å²) in [6.45, 7) is 2.40. The average Bonchev–Trinajstić information content (AvgIpc) is 3.14. The van der Waals surface area contributed by atoms with Gasteiger partial charge in [0.05, 0.1) is 17.9 Å². The maximum atomic E-state index is 5.27. The molecule has 3 aromatic rings. The number of hydrogen-bond donors (Lipinski definition) is 0. The summed E-state index contributed by atoms with van der Waals surface area (Å²) < 4.78 is 7.21. The van der Waals surface area contributed by atoms with Crippen LogP contribution in [0.2, 0.25) is 0 Å². The lowest BCUT2D eigenvalue weighted by Crippen LogP contribution is -2.34. The van der Waals surface area contributed by atoms with Gasteiger partial charge in [0.15, 0.2) is 5.82 Å². The molecule has 0 aliphatic carbocycles. The smallest absolute Gasteiger partial charge is 0.177 e. The van der Waals surface area contributed by atoms with Crippen LogP contribution in [0.25, 0.3) is 5.69 Å². The summed E-state index contributed by atoms with van der Waals surface area (Å²) >= 11 is 0. The molecule has 3 heterocycles. The van der Waals surface area contributed by atoms with Gasteiger partial charge in [-0.3, -0.25) is 9.88 Å².